The van der Waals surface area contributed by atoms with Gasteiger partial charge in [-0.25, -0.2) is 0 Å². The van der Waals surface area contributed by atoms with Gasteiger partial charge in [0.1, 0.15) is 11.9 Å². The topological polar surface area (TPSA) is 21.3 Å². The highest BCUT2D eigenvalue weighted by atomic mass is 35.5. The number of nitrogens with one attached hydrogen (secondary N) is 1. The van der Waals surface area contributed by atoms with Crippen molar-refractivity contribution in [3.8, 4) is 5.75 Å². The van der Waals surface area contributed by atoms with Crippen LogP contribution in [0.1, 0.15) is 31.7 Å². The monoisotopic (exact) mass is 253 g/mol. The molecule has 1 fully saturated rings. The van der Waals surface area contributed by atoms with E-state index in [0.717, 1.165) is 30.2 Å². The van der Waals surface area contributed by atoms with Gasteiger partial charge in [-0.2, -0.15) is 0 Å². The van der Waals surface area contributed by atoms with E-state index >= 15 is 0 Å². The molecule has 1 aliphatic rings. The number of ether oxygens (including phenoxy) is 1. The first-order valence-electron chi connectivity index (χ1n) is 6.35. The first kappa shape index (κ1) is 12.7. The average Bonchev–Trinajstić information content (AvgIpc) is 2.24. The Kier molecular flexibility index (Phi) is 4.30. The van der Waals surface area contributed by atoms with Gasteiger partial charge in [-0.05, 0) is 50.4 Å². The fraction of sp³-hybridized carbons (Fsp3) is 0.571. The van der Waals surface area contributed by atoms with E-state index in [1.807, 2.05) is 25.1 Å². The van der Waals surface area contributed by atoms with Crippen molar-refractivity contribution >= 4 is 11.6 Å². The summed E-state index contributed by atoms with van der Waals surface area (Å²) < 4.78 is 5.87. The van der Waals surface area contributed by atoms with Crippen molar-refractivity contribution in [2.45, 2.75) is 45.3 Å². The van der Waals surface area contributed by atoms with Crippen molar-refractivity contribution in [2.24, 2.45) is 0 Å². The SMILES string of the molecule is CCCNC1CC(Oc2ccc(C)cc2Cl)C1. The lowest BCUT2D eigenvalue weighted by Crippen LogP contribution is -2.47. The highest BCUT2D eigenvalue weighted by Gasteiger charge is 2.30. The second kappa shape index (κ2) is 5.74. The summed E-state index contributed by atoms with van der Waals surface area (Å²) in [7, 11) is 0. The zero-order chi connectivity index (χ0) is 12.3. The molecule has 1 aromatic rings. The molecule has 0 heterocycles. The molecule has 17 heavy (non-hydrogen) atoms. The first-order valence-corrected chi connectivity index (χ1v) is 6.73. The number of rotatable bonds is 5. The van der Waals surface area contributed by atoms with Gasteiger partial charge in [0.2, 0.25) is 0 Å². The molecule has 0 aliphatic heterocycles. The summed E-state index contributed by atoms with van der Waals surface area (Å²) in [5, 5.41) is 4.21. The lowest BCUT2D eigenvalue weighted by molar-refractivity contribution is 0.0853. The highest BCUT2D eigenvalue weighted by Crippen LogP contribution is 2.31. The number of benzene rings is 1. The Hall–Kier alpha value is -0.730. The van der Waals surface area contributed by atoms with Gasteiger partial charge in [-0.1, -0.05) is 24.6 Å². The van der Waals surface area contributed by atoms with Crippen LogP contribution in [-0.4, -0.2) is 18.7 Å². The van der Waals surface area contributed by atoms with Crippen LogP contribution in [0.3, 0.4) is 0 Å². The van der Waals surface area contributed by atoms with Gasteiger partial charge in [-0.15, -0.1) is 0 Å². The zero-order valence-electron chi connectivity index (χ0n) is 10.5. The predicted molar refractivity (Wildman–Crippen MR) is 71.9 cm³/mol. The summed E-state index contributed by atoms with van der Waals surface area (Å²) in [6, 6.07) is 6.57. The number of aryl methyl sites for hydroxylation is 1. The molecule has 1 aromatic carbocycles. The van der Waals surface area contributed by atoms with Crippen molar-refractivity contribution in [3.05, 3.63) is 28.8 Å². The Labute approximate surface area is 108 Å². The average molecular weight is 254 g/mol. The molecule has 3 heteroatoms. The fourth-order valence-electron chi connectivity index (χ4n) is 2.06. The molecule has 0 amide bonds. The van der Waals surface area contributed by atoms with Crippen molar-refractivity contribution in [1.29, 1.82) is 0 Å². The van der Waals surface area contributed by atoms with E-state index < -0.39 is 0 Å². The van der Waals surface area contributed by atoms with E-state index in [9.17, 15) is 0 Å². The van der Waals surface area contributed by atoms with Crippen LogP contribution in [0.4, 0.5) is 0 Å². The smallest absolute Gasteiger partial charge is 0.138 e. The van der Waals surface area contributed by atoms with Gasteiger partial charge < -0.3 is 10.1 Å². The van der Waals surface area contributed by atoms with Crippen LogP contribution in [0.15, 0.2) is 18.2 Å². The summed E-state index contributed by atoms with van der Waals surface area (Å²) >= 11 is 6.13. The Morgan fingerprint density at radius 2 is 2.18 bits per heavy atom. The molecule has 1 saturated carbocycles. The van der Waals surface area contributed by atoms with E-state index in [4.69, 9.17) is 16.3 Å². The van der Waals surface area contributed by atoms with E-state index in [2.05, 4.69) is 12.2 Å². The van der Waals surface area contributed by atoms with Gasteiger partial charge in [0.15, 0.2) is 0 Å². The molecule has 0 aromatic heterocycles. The van der Waals surface area contributed by atoms with E-state index in [-0.39, 0.29) is 0 Å². The Balaban J connectivity index is 1.79. The molecule has 94 valence electrons. The molecule has 1 aliphatic carbocycles. The van der Waals surface area contributed by atoms with Crippen LogP contribution in [0.25, 0.3) is 0 Å². The summed E-state index contributed by atoms with van der Waals surface area (Å²) in [4.78, 5) is 0. The Morgan fingerprint density at radius 1 is 1.41 bits per heavy atom. The second-order valence-corrected chi connectivity index (χ2v) is 5.20. The first-order chi connectivity index (χ1) is 8.19. The molecule has 0 saturated heterocycles. The van der Waals surface area contributed by atoms with Gasteiger partial charge in [0.05, 0.1) is 5.02 Å². The molecule has 0 unspecified atom stereocenters. The maximum Gasteiger partial charge on any atom is 0.138 e. The highest BCUT2D eigenvalue weighted by molar-refractivity contribution is 6.32. The van der Waals surface area contributed by atoms with E-state index in [0.29, 0.717) is 12.1 Å². The Morgan fingerprint density at radius 3 is 2.82 bits per heavy atom. The fourth-order valence-corrected chi connectivity index (χ4v) is 2.34. The minimum absolute atomic E-state index is 0.324. The van der Waals surface area contributed by atoms with Crippen LogP contribution in [0.5, 0.6) is 5.75 Å². The van der Waals surface area contributed by atoms with Gasteiger partial charge in [-0.3, -0.25) is 0 Å². The summed E-state index contributed by atoms with van der Waals surface area (Å²) in [5.74, 6) is 0.816. The Bertz CT molecular complexity index is 374. The lowest BCUT2D eigenvalue weighted by atomic mass is 9.89. The van der Waals surface area contributed by atoms with Crippen LogP contribution in [0, 0.1) is 6.92 Å². The second-order valence-electron chi connectivity index (χ2n) is 4.80. The third-order valence-corrected chi connectivity index (χ3v) is 3.45. The number of hydrogen-bond donors (Lipinski definition) is 1. The quantitative estimate of drug-likeness (QED) is 0.867. The van der Waals surface area contributed by atoms with Crippen LogP contribution in [0.2, 0.25) is 5.02 Å². The standard InChI is InChI=1S/C14H20ClNO/c1-3-6-16-11-8-12(9-11)17-14-5-4-10(2)7-13(14)15/h4-5,7,11-12,16H,3,6,8-9H2,1-2H3. The molecule has 0 atom stereocenters. The normalized spacial score (nSPS) is 23.2. The van der Waals surface area contributed by atoms with Crippen molar-refractivity contribution < 1.29 is 4.74 Å². The van der Waals surface area contributed by atoms with Crippen LogP contribution < -0.4 is 10.1 Å². The minimum Gasteiger partial charge on any atom is -0.489 e. The molecular weight excluding hydrogens is 234 g/mol. The molecule has 0 radical (unpaired) electrons. The molecule has 0 spiro atoms. The molecule has 0 bridgehead atoms. The van der Waals surface area contributed by atoms with Gasteiger partial charge >= 0.3 is 0 Å². The molecule has 2 nitrogen and oxygen atoms in total. The number of halogens is 1. The summed E-state index contributed by atoms with van der Waals surface area (Å²) in [6.45, 7) is 5.32. The molecule has 2 rings (SSSR count). The largest absolute Gasteiger partial charge is 0.489 e. The van der Waals surface area contributed by atoms with Crippen molar-refractivity contribution in [3.63, 3.8) is 0 Å². The maximum atomic E-state index is 6.13. The molecule has 1 N–H and O–H groups in total. The third-order valence-electron chi connectivity index (χ3n) is 3.16. The lowest BCUT2D eigenvalue weighted by Gasteiger charge is -2.36. The zero-order valence-corrected chi connectivity index (χ0v) is 11.3. The van der Waals surface area contributed by atoms with Crippen LogP contribution >= 0.6 is 11.6 Å². The predicted octanol–water partition coefficient (Wildman–Crippen LogP) is 3.56. The third kappa shape index (κ3) is 3.36. The minimum atomic E-state index is 0.324. The summed E-state index contributed by atoms with van der Waals surface area (Å²) in [5.41, 5.74) is 1.17. The number of hydrogen-bond acceptors (Lipinski definition) is 2. The summed E-state index contributed by atoms with van der Waals surface area (Å²) in [6.07, 6.45) is 3.69. The van der Waals surface area contributed by atoms with Crippen molar-refractivity contribution in [1.82, 2.24) is 5.32 Å². The molecular formula is C14H20ClNO. The van der Waals surface area contributed by atoms with Gasteiger partial charge in [0.25, 0.3) is 0 Å². The van der Waals surface area contributed by atoms with E-state index in [1.165, 1.54) is 12.0 Å². The maximum absolute atomic E-state index is 6.13. The van der Waals surface area contributed by atoms with Crippen molar-refractivity contribution in [2.75, 3.05) is 6.54 Å². The van der Waals surface area contributed by atoms with Gasteiger partial charge in [0, 0.05) is 6.04 Å². The van der Waals surface area contributed by atoms with Crippen LogP contribution in [-0.2, 0) is 0 Å². The van der Waals surface area contributed by atoms with E-state index in [1.54, 1.807) is 0 Å².